The predicted octanol–water partition coefficient (Wildman–Crippen LogP) is 3.42. The molecule has 3 rings (SSSR count). The number of nitrogens with zero attached hydrogens (tertiary/aromatic N) is 2. The quantitative estimate of drug-likeness (QED) is 0.923. The summed E-state index contributed by atoms with van der Waals surface area (Å²) in [5.41, 5.74) is 6.97. The first-order valence-electron chi connectivity index (χ1n) is 7.56. The van der Waals surface area contributed by atoms with Crippen LogP contribution in [0.15, 0.2) is 30.5 Å². The van der Waals surface area contributed by atoms with Gasteiger partial charge in [-0.2, -0.15) is 11.8 Å². The number of anilines is 1. The van der Waals surface area contributed by atoms with Gasteiger partial charge in [0.2, 0.25) is 0 Å². The second-order valence-corrected chi connectivity index (χ2v) is 8.00. The van der Waals surface area contributed by atoms with E-state index in [1.807, 2.05) is 6.20 Å². The van der Waals surface area contributed by atoms with Crippen LogP contribution in [0, 0.1) is 0 Å². The maximum absolute atomic E-state index is 5.85. The fourth-order valence-corrected chi connectivity index (χ4v) is 3.98. The van der Waals surface area contributed by atoms with Crippen molar-refractivity contribution in [1.29, 1.82) is 0 Å². The summed E-state index contributed by atoms with van der Waals surface area (Å²) in [6.45, 7) is 7.34. The Bertz CT molecular complexity index is 639. The van der Waals surface area contributed by atoms with E-state index < -0.39 is 0 Å². The summed E-state index contributed by atoms with van der Waals surface area (Å²) in [7, 11) is 0. The summed E-state index contributed by atoms with van der Waals surface area (Å²) < 4.78 is 0.363. The van der Waals surface area contributed by atoms with Crippen molar-refractivity contribution in [3.63, 3.8) is 0 Å². The Balaban J connectivity index is 2.01. The number of benzene rings is 1. The third-order valence-corrected chi connectivity index (χ3v) is 5.59. The second kappa shape index (κ2) is 5.85. The van der Waals surface area contributed by atoms with Crippen molar-refractivity contribution >= 4 is 28.4 Å². The van der Waals surface area contributed by atoms with Gasteiger partial charge >= 0.3 is 0 Å². The molecule has 112 valence electrons. The van der Waals surface area contributed by atoms with Crippen LogP contribution in [0.2, 0.25) is 0 Å². The first kappa shape index (κ1) is 14.7. The van der Waals surface area contributed by atoms with Crippen LogP contribution in [0.1, 0.15) is 25.8 Å². The van der Waals surface area contributed by atoms with Gasteiger partial charge in [-0.3, -0.25) is 0 Å². The fraction of sp³-hybridized carbons (Fsp3) is 0.471. The van der Waals surface area contributed by atoms with Crippen LogP contribution in [0.5, 0.6) is 0 Å². The van der Waals surface area contributed by atoms with Crippen LogP contribution in [0.3, 0.4) is 0 Å². The van der Waals surface area contributed by atoms with Crippen LogP contribution in [0.25, 0.3) is 10.8 Å². The smallest absolute Gasteiger partial charge is 0.136 e. The number of rotatable bonds is 2. The molecule has 0 atom stereocenters. The zero-order valence-corrected chi connectivity index (χ0v) is 13.6. The molecule has 1 aromatic carbocycles. The Labute approximate surface area is 130 Å². The molecule has 0 aliphatic carbocycles. The molecule has 1 saturated heterocycles. The maximum Gasteiger partial charge on any atom is 0.136 e. The first-order chi connectivity index (χ1) is 10.1. The van der Waals surface area contributed by atoms with E-state index in [0.29, 0.717) is 11.3 Å². The van der Waals surface area contributed by atoms with Crippen LogP contribution in [-0.2, 0) is 6.54 Å². The molecule has 2 aromatic rings. The van der Waals surface area contributed by atoms with E-state index in [4.69, 9.17) is 10.7 Å². The van der Waals surface area contributed by atoms with Gasteiger partial charge in [0, 0.05) is 41.7 Å². The molecule has 0 amide bonds. The van der Waals surface area contributed by atoms with Crippen molar-refractivity contribution in [2.75, 3.05) is 23.7 Å². The van der Waals surface area contributed by atoms with Gasteiger partial charge in [0.05, 0.1) is 0 Å². The second-order valence-electron chi connectivity index (χ2n) is 6.20. The molecule has 1 aliphatic heterocycles. The Morgan fingerprint density at radius 2 is 2.00 bits per heavy atom. The van der Waals surface area contributed by atoms with E-state index in [1.165, 1.54) is 17.2 Å². The van der Waals surface area contributed by atoms with Crippen LogP contribution >= 0.6 is 11.8 Å². The van der Waals surface area contributed by atoms with E-state index in [-0.39, 0.29) is 0 Å². The fourth-order valence-electron chi connectivity index (χ4n) is 2.88. The lowest BCUT2D eigenvalue weighted by Gasteiger charge is -2.25. The predicted molar refractivity (Wildman–Crippen MR) is 93.0 cm³/mol. The molecule has 4 heteroatoms. The number of nitrogens with two attached hydrogens (primary N) is 1. The van der Waals surface area contributed by atoms with Crippen molar-refractivity contribution < 1.29 is 0 Å². The van der Waals surface area contributed by atoms with Gasteiger partial charge in [-0.05, 0) is 17.4 Å². The van der Waals surface area contributed by atoms with E-state index in [1.54, 1.807) is 0 Å². The van der Waals surface area contributed by atoms with Crippen molar-refractivity contribution in [3.05, 3.63) is 36.0 Å². The highest BCUT2D eigenvalue weighted by Crippen LogP contribution is 2.34. The van der Waals surface area contributed by atoms with Crippen LogP contribution in [0.4, 0.5) is 5.82 Å². The normalized spacial score (nSPS) is 18.7. The van der Waals surface area contributed by atoms with E-state index in [0.717, 1.165) is 30.2 Å². The number of aromatic nitrogens is 1. The number of fused-ring (bicyclic) bond motifs is 1. The van der Waals surface area contributed by atoms with Crippen LogP contribution < -0.4 is 10.6 Å². The molecule has 0 spiro atoms. The largest absolute Gasteiger partial charge is 0.355 e. The van der Waals surface area contributed by atoms with Crippen molar-refractivity contribution in [1.82, 2.24) is 4.98 Å². The molecule has 1 fully saturated rings. The standard InChI is InChI=1S/C17H23N3S/c1-17(2)7-8-20(9-10-21-17)16-15-6-4-3-5-14(15)13(11-18)12-19-16/h3-6,12H,7-11,18H2,1-2H3. The van der Waals surface area contributed by atoms with Gasteiger partial charge in [-0.25, -0.2) is 4.98 Å². The topological polar surface area (TPSA) is 42.2 Å². The highest BCUT2D eigenvalue weighted by Gasteiger charge is 2.25. The average molecular weight is 301 g/mol. The Morgan fingerprint density at radius 3 is 2.76 bits per heavy atom. The Kier molecular flexibility index (Phi) is 4.09. The van der Waals surface area contributed by atoms with E-state index in [2.05, 4.69) is 54.8 Å². The zero-order valence-electron chi connectivity index (χ0n) is 12.8. The molecule has 0 radical (unpaired) electrons. The number of pyridine rings is 1. The first-order valence-corrected chi connectivity index (χ1v) is 8.55. The zero-order chi connectivity index (χ0) is 14.9. The van der Waals surface area contributed by atoms with Crippen molar-refractivity contribution in [3.8, 4) is 0 Å². The highest BCUT2D eigenvalue weighted by molar-refractivity contribution is 8.00. The van der Waals surface area contributed by atoms with Gasteiger partial charge < -0.3 is 10.6 Å². The molecule has 0 unspecified atom stereocenters. The average Bonchev–Trinajstić information content (AvgIpc) is 2.67. The molecule has 3 nitrogen and oxygen atoms in total. The lowest BCUT2D eigenvalue weighted by Crippen LogP contribution is -2.28. The van der Waals surface area contributed by atoms with E-state index >= 15 is 0 Å². The van der Waals surface area contributed by atoms with Gasteiger partial charge in [0.15, 0.2) is 0 Å². The SMILES string of the molecule is CC1(C)CCN(c2ncc(CN)c3ccccc23)CCS1. The van der Waals surface area contributed by atoms with Gasteiger partial charge in [0.1, 0.15) is 5.82 Å². The number of thioether (sulfide) groups is 1. The minimum atomic E-state index is 0.363. The Hall–Kier alpha value is -1.26. The van der Waals surface area contributed by atoms with Gasteiger partial charge in [0.25, 0.3) is 0 Å². The molecule has 0 saturated carbocycles. The minimum absolute atomic E-state index is 0.363. The summed E-state index contributed by atoms with van der Waals surface area (Å²) in [5.74, 6) is 2.27. The lowest BCUT2D eigenvalue weighted by atomic mass is 10.1. The lowest BCUT2D eigenvalue weighted by molar-refractivity contribution is 0.636. The molecular weight excluding hydrogens is 278 g/mol. The molecule has 21 heavy (non-hydrogen) atoms. The summed E-state index contributed by atoms with van der Waals surface area (Å²) >= 11 is 2.06. The Morgan fingerprint density at radius 1 is 1.24 bits per heavy atom. The molecule has 1 aliphatic rings. The third kappa shape index (κ3) is 3.01. The molecule has 2 N–H and O–H groups in total. The molecule has 2 heterocycles. The maximum atomic E-state index is 5.85. The molecule has 0 bridgehead atoms. The van der Waals surface area contributed by atoms with Gasteiger partial charge in [-0.15, -0.1) is 0 Å². The monoisotopic (exact) mass is 301 g/mol. The number of hydrogen-bond donors (Lipinski definition) is 1. The van der Waals surface area contributed by atoms with Gasteiger partial charge in [-0.1, -0.05) is 38.1 Å². The van der Waals surface area contributed by atoms with Crippen LogP contribution in [-0.4, -0.2) is 28.6 Å². The highest BCUT2D eigenvalue weighted by atomic mass is 32.2. The van der Waals surface area contributed by atoms with Crippen molar-refractivity contribution in [2.45, 2.75) is 31.6 Å². The molecular formula is C17H23N3S. The summed E-state index contributed by atoms with van der Waals surface area (Å²) in [5, 5.41) is 2.46. The summed E-state index contributed by atoms with van der Waals surface area (Å²) in [6.07, 6.45) is 3.13. The van der Waals surface area contributed by atoms with E-state index in [9.17, 15) is 0 Å². The number of hydrogen-bond acceptors (Lipinski definition) is 4. The molecule has 1 aromatic heterocycles. The van der Waals surface area contributed by atoms with Crippen molar-refractivity contribution in [2.24, 2.45) is 5.73 Å². The third-order valence-electron chi connectivity index (χ3n) is 4.21. The minimum Gasteiger partial charge on any atom is -0.355 e. The summed E-state index contributed by atoms with van der Waals surface area (Å²) in [6, 6.07) is 8.48. The summed E-state index contributed by atoms with van der Waals surface area (Å²) in [4.78, 5) is 7.16.